The number of carboxylic acids is 1. The molecule has 2 heterocycles. The second-order valence-electron chi connectivity index (χ2n) is 8.66. The lowest BCUT2D eigenvalue weighted by molar-refractivity contribution is -0.590. The number of halogens is 3. The van der Waals surface area contributed by atoms with Crippen LogP contribution in [0.4, 0.5) is 19.0 Å². The number of nitrogens with one attached hydrogen (secondary N) is 1. The molecule has 0 saturated carbocycles. The Morgan fingerprint density at radius 1 is 1.31 bits per heavy atom. The van der Waals surface area contributed by atoms with E-state index in [2.05, 4.69) is 5.32 Å². The summed E-state index contributed by atoms with van der Waals surface area (Å²) < 4.78 is 46.1. The van der Waals surface area contributed by atoms with E-state index in [9.17, 15) is 28.0 Å². The Kier molecular flexibility index (Phi) is 8.08. The molecule has 0 saturated heterocycles. The highest BCUT2D eigenvalue weighted by atomic mass is 19.4. The molecule has 0 aliphatic carbocycles. The average molecular weight is 495 g/mol. The lowest BCUT2D eigenvalue weighted by Gasteiger charge is -2.30. The molecule has 11 heteroatoms. The van der Waals surface area contributed by atoms with Crippen molar-refractivity contribution in [2.24, 2.45) is 5.92 Å². The Balaban J connectivity index is 1.70. The van der Waals surface area contributed by atoms with Crippen LogP contribution in [0.15, 0.2) is 36.5 Å². The number of carboxylic acid groups (broad SMARTS) is 1. The van der Waals surface area contributed by atoms with Crippen LogP contribution in [0, 0.1) is 18.0 Å². The summed E-state index contributed by atoms with van der Waals surface area (Å²) in [5.74, 6) is -2.29. The minimum atomic E-state index is -4.62. The Labute approximate surface area is 200 Å². The third-order valence-electron chi connectivity index (χ3n) is 5.87. The van der Waals surface area contributed by atoms with Gasteiger partial charge in [-0.15, -0.1) is 0 Å². The monoisotopic (exact) mass is 495 g/mol. The molecule has 2 atom stereocenters. The molecule has 2 unspecified atom stereocenters. The Morgan fingerprint density at radius 3 is 2.74 bits per heavy atom. The number of anilines is 1. The molecule has 1 aliphatic rings. The minimum Gasteiger partial charge on any atom is -0.711 e. The normalized spacial score (nSPS) is 18.1. The molecule has 1 aliphatic heterocycles. The maximum atomic E-state index is 13.2. The number of hydrogen-bond acceptors (Lipinski definition) is 5. The summed E-state index contributed by atoms with van der Waals surface area (Å²) in [5.41, 5.74) is 2.06. The lowest BCUT2D eigenvalue weighted by atomic mass is 9.93. The molecule has 8 nitrogen and oxygen atoms in total. The van der Waals surface area contributed by atoms with Gasteiger partial charge in [-0.1, -0.05) is 6.07 Å². The van der Waals surface area contributed by atoms with Crippen molar-refractivity contribution in [2.75, 3.05) is 25.0 Å². The predicted octanol–water partition coefficient (Wildman–Crippen LogP) is 3.61. The van der Waals surface area contributed by atoms with Crippen molar-refractivity contribution in [3.05, 3.63) is 58.4 Å². The van der Waals surface area contributed by atoms with Crippen LogP contribution < -0.4 is 14.8 Å². The molecule has 3 rings (SSSR count). The van der Waals surface area contributed by atoms with Gasteiger partial charge in [-0.3, -0.25) is 14.9 Å². The van der Waals surface area contributed by atoms with Gasteiger partial charge in [-0.25, -0.2) is 4.73 Å². The highest BCUT2D eigenvalue weighted by molar-refractivity contribution is 5.84. The van der Waals surface area contributed by atoms with Crippen molar-refractivity contribution in [1.29, 1.82) is 0 Å². The molecule has 0 spiro atoms. The third kappa shape index (κ3) is 7.00. The van der Waals surface area contributed by atoms with Gasteiger partial charge in [0.1, 0.15) is 12.3 Å². The van der Waals surface area contributed by atoms with E-state index in [0.29, 0.717) is 40.6 Å². The van der Waals surface area contributed by atoms with E-state index in [4.69, 9.17) is 9.84 Å². The number of pyridine rings is 1. The molecule has 2 aromatic rings. The molecule has 1 amide bonds. The second kappa shape index (κ2) is 10.8. The quantitative estimate of drug-likeness (QED) is 0.313. The molecule has 1 aromatic heterocycles. The lowest BCUT2D eigenvalue weighted by Crippen LogP contribution is -2.43. The van der Waals surface area contributed by atoms with E-state index in [1.165, 1.54) is 13.1 Å². The number of nitrogens with zero attached hydrogens (tertiary/aromatic N) is 2. The van der Waals surface area contributed by atoms with Gasteiger partial charge in [0.05, 0.1) is 37.7 Å². The largest absolute Gasteiger partial charge is 0.711 e. The number of benzene rings is 1. The number of carbonyl (C=O) groups excluding carboxylic acids is 1. The average Bonchev–Trinajstić information content (AvgIpc) is 2.85. The fourth-order valence-electron chi connectivity index (χ4n) is 4.16. The number of carbonyl (C=O) groups is 2. The zero-order valence-electron chi connectivity index (χ0n) is 19.5. The zero-order valence-corrected chi connectivity index (χ0v) is 19.5. The number of amides is 1. The molecule has 0 fully saturated rings. The topological polar surface area (TPSA) is 106 Å². The summed E-state index contributed by atoms with van der Waals surface area (Å²) >= 11 is 0. The molecular formula is C24H28F3N3O5. The van der Waals surface area contributed by atoms with Gasteiger partial charge >= 0.3 is 12.1 Å². The van der Waals surface area contributed by atoms with Gasteiger partial charge in [-0.05, 0) is 55.2 Å². The Hall–Kier alpha value is -3.50. The summed E-state index contributed by atoms with van der Waals surface area (Å²) in [6.45, 7) is 2.67. The van der Waals surface area contributed by atoms with E-state index in [-0.39, 0.29) is 13.0 Å². The van der Waals surface area contributed by atoms with Gasteiger partial charge in [0.2, 0.25) is 5.91 Å². The second-order valence-corrected chi connectivity index (χ2v) is 8.66. The molecule has 35 heavy (non-hydrogen) atoms. The minimum absolute atomic E-state index is 0.0368. The number of hydrogen-bond donors (Lipinski definition) is 2. The van der Waals surface area contributed by atoms with E-state index < -0.39 is 43.0 Å². The first-order valence-corrected chi connectivity index (χ1v) is 11.2. The van der Waals surface area contributed by atoms with Crippen molar-refractivity contribution < 1.29 is 37.3 Å². The van der Waals surface area contributed by atoms with Crippen LogP contribution in [0.25, 0.3) is 0 Å². The zero-order chi connectivity index (χ0) is 25.8. The van der Waals surface area contributed by atoms with Crippen LogP contribution in [-0.4, -0.2) is 47.8 Å². The smallest absolute Gasteiger partial charge is 0.406 e. The van der Waals surface area contributed by atoms with Gasteiger partial charge in [-0.2, -0.15) is 13.2 Å². The highest BCUT2D eigenvalue weighted by Crippen LogP contribution is 2.36. The summed E-state index contributed by atoms with van der Waals surface area (Å²) in [5, 5.41) is 24.0. The maximum Gasteiger partial charge on any atom is 0.406 e. The van der Waals surface area contributed by atoms with Crippen LogP contribution in [0.5, 0.6) is 5.75 Å². The first-order valence-electron chi connectivity index (χ1n) is 11.2. The van der Waals surface area contributed by atoms with Gasteiger partial charge < -0.3 is 20.0 Å². The van der Waals surface area contributed by atoms with E-state index in [1.807, 2.05) is 6.92 Å². The Morgan fingerprint density at radius 2 is 2.06 bits per heavy atom. The fourth-order valence-corrected chi connectivity index (χ4v) is 4.16. The number of alkyl halides is 3. The molecule has 2 N–H and O–H groups in total. The van der Waals surface area contributed by atoms with Crippen LogP contribution in [0.3, 0.4) is 0 Å². The van der Waals surface area contributed by atoms with E-state index in [0.717, 1.165) is 10.3 Å². The van der Waals surface area contributed by atoms with Crippen molar-refractivity contribution in [1.82, 2.24) is 4.90 Å². The molecule has 190 valence electrons. The first-order chi connectivity index (χ1) is 16.4. The summed E-state index contributed by atoms with van der Waals surface area (Å²) in [6, 6.07) is 7.47. The van der Waals surface area contributed by atoms with Gasteiger partial charge in [0, 0.05) is 12.5 Å². The molecule has 0 radical (unpaired) electrons. The Bertz CT molecular complexity index is 1080. The van der Waals surface area contributed by atoms with Crippen LogP contribution in [0.1, 0.15) is 42.5 Å². The summed E-state index contributed by atoms with van der Waals surface area (Å²) in [7, 11) is 0. The predicted molar refractivity (Wildman–Crippen MR) is 121 cm³/mol. The number of aryl methyl sites for hydroxylation is 1. The molecular weight excluding hydrogens is 467 g/mol. The number of aromatic nitrogens is 1. The van der Waals surface area contributed by atoms with Crippen LogP contribution in [-0.2, 0) is 16.0 Å². The van der Waals surface area contributed by atoms with Crippen molar-refractivity contribution in [3.8, 4) is 5.75 Å². The van der Waals surface area contributed by atoms with Crippen molar-refractivity contribution >= 4 is 17.7 Å². The highest BCUT2D eigenvalue weighted by Gasteiger charge is 2.41. The third-order valence-corrected chi connectivity index (χ3v) is 5.87. The van der Waals surface area contributed by atoms with Gasteiger partial charge in [0.15, 0.2) is 0 Å². The standard InChI is InChI=1S/C24H28F3N3O5/c1-15-6-8-30(34)21(10-15)28-7-3-9-35-19-5-4-17-11-18(12-22(31)32)23(33)29(14-24(25,26)27)16(2)20(17)13-19/h4-6,8,10,13,16,18,28H,3,7,9,11-12,14H2,1-2H3,(H,31,32). The SMILES string of the molecule is Cc1cc[n+]([O-])c(NCCCOc2ccc3c(c2)C(C)N(CC(F)(F)F)C(=O)C(CC(=O)O)C3)c1. The number of fused-ring (bicyclic) bond motifs is 1. The maximum absolute atomic E-state index is 13.2. The van der Waals surface area contributed by atoms with E-state index >= 15 is 0 Å². The summed E-state index contributed by atoms with van der Waals surface area (Å²) in [4.78, 5) is 24.8. The van der Waals surface area contributed by atoms with E-state index in [1.54, 1.807) is 30.3 Å². The molecule has 0 bridgehead atoms. The number of ether oxygens (including phenoxy) is 1. The van der Waals surface area contributed by atoms with Crippen molar-refractivity contribution in [3.63, 3.8) is 0 Å². The van der Waals surface area contributed by atoms with Crippen LogP contribution in [0.2, 0.25) is 0 Å². The van der Waals surface area contributed by atoms with Gasteiger partial charge in [0.25, 0.3) is 5.82 Å². The fraction of sp³-hybridized carbons (Fsp3) is 0.458. The number of rotatable bonds is 9. The summed E-state index contributed by atoms with van der Waals surface area (Å²) in [6.07, 6.45) is -3.16. The first kappa shape index (κ1) is 26.1. The molecule has 1 aromatic carbocycles. The van der Waals surface area contributed by atoms with Crippen LogP contribution >= 0.6 is 0 Å². The van der Waals surface area contributed by atoms with Crippen molar-refractivity contribution in [2.45, 2.75) is 45.3 Å². The number of aliphatic carboxylic acids is 1.